The van der Waals surface area contributed by atoms with Gasteiger partial charge in [-0.3, -0.25) is 4.68 Å². The van der Waals surface area contributed by atoms with Crippen LogP contribution in [0, 0.1) is 6.92 Å². The molecule has 0 atom stereocenters. The van der Waals surface area contributed by atoms with Crippen molar-refractivity contribution in [1.82, 2.24) is 9.78 Å². The topological polar surface area (TPSA) is 30.2 Å². The molecule has 0 aliphatic heterocycles. The lowest BCUT2D eigenvalue weighted by Gasteiger charge is -2.04. The van der Waals surface area contributed by atoms with E-state index in [0.29, 0.717) is 5.82 Å². The number of benzene rings is 1. The van der Waals surface area contributed by atoms with Crippen molar-refractivity contribution in [3.8, 4) is 0 Å². The fourth-order valence-electron chi connectivity index (χ4n) is 1.51. The number of rotatable bonds is 3. The third-order valence-corrected chi connectivity index (χ3v) is 2.47. The molecule has 3 nitrogen and oxygen atoms in total. The van der Waals surface area contributed by atoms with Crippen LogP contribution < -0.4 is 0 Å². The summed E-state index contributed by atoms with van der Waals surface area (Å²) in [6.07, 6.45) is 1.89. The van der Waals surface area contributed by atoms with Crippen molar-refractivity contribution < 1.29 is 0 Å². The van der Waals surface area contributed by atoms with Gasteiger partial charge in [0.15, 0.2) is 5.82 Å². The molecule has 1 heterocycles. The number of aryl methyl sites for hydroxylation is 1. The fourth-order valence-corrected chi connectivity index (χ4v) is 1.60. The highest BCUT2D eigenvalue weighted by molar-refractivity contribution is 7.78. The molecule has 2 rings (SSSR count). The number of nitrogens with zero attached hydrogens (tertiary/aromatic N) is 3. The molecular weight excluding hydrogens is 218 g/mol. The van der Waals surface area contributed by atoms with E-state index in [9.17, 15) is 0 Å². The predicted molar refractivity (Wildman–Crippen MR) is 67.2 cm³/mol. The summed E-state index contributed by atoms with van der Waals surface area (Å²) in [6, 6.07) is 10.1. The summed E-state index contributed by atoms with van der Waals surface area (Å²) in [5, 5.41) is 6.56. The molecule has 2 aromatic rings. The first-order valence-electron chi connectivity index (χ1n) is 4.95. The number of aromatic nitrogens is 2. The maximum Gasteiger partial charge on any atom is 0.184 e. The van der Waals surface area contributed by atoms with Gasteiger partial charge in [0.25, 0.3) is 0 Å². The Hall–Kier alpha value is -1.77. The normalized spacial score (nSPS) is 9.81. The van der Waals surface area contributed by atoms with Gasteiger partial charge in [-0.15, -0.1) is 0 Å². The van der Waals surface area contributed by atoms with Crippen molar-refractivity contribution in [2.45, 2.75) is 13.5 Å². The molecule has 0 fully saturated rings. The Morgan fingerprint density at radius 3 is 2.94 bits per heavy atom. The Morgan fingerprint density at radius 2 is 2.19 bits per heavy atom. The van der Waals surface area contributed by atoms with Crippen LogP contribution in [0.25, 0.3) is 0 Å². The maximum absolute atomic E-state index is 4.53. The van der Waals surface area contributed by atoms with E-state index in [4.69, 9.17) is 0 Å². The Kier molecular flexibility index (Phi) is 3.25. The summed E-state index contributed by atoms with van der Waals surface area (Å²) in [4.78, 5) is 3.82. The molecule has 80 valence electrons. The molecule has 0 bridgehead atoms. The standard InChI is InChI=1S/C12H11N3S/c1-10-4-2-3-5-11(10)8-15-7-6-12(14-15)13-9-16/h2-7H,8H2,1H3. The van der Waals surface area contributed by atoms with E-state index in [2.05, 4.69) is 46.5 Å². The van der Waals surface area contributed by atoms with Gasteiger partial charge in [0.1, 0.15) is 0 Å². The Balaban J connectivity index is 2.21. The van der Waals surface area contributed by atoms with Crippen molar-refractivity contribution in [3.63, 3.8) is 0 Å². The van der Waals surface area contributed by atoms with Gasteiger partial charge in [0, 0.05) is 12.3 Å². The number of isothiocyanates is 1. The summed E-state index contributed by atoms with van der Waals surface area (Å²) in [7, 11) is 0. The van der Waals surface area contributed by atoms with E-state index in [-0.39, 0.29) is 0 Å². The van der Waals surface area contributed by atoms with Crippen LogP contribution in [-0.2, 0) is 6.54 Å². The van der Waals surface area contributed by atoms with Crippen LogP contribution >= 0.6 is 12.2 Å². The summed E-state index contributed by atoms with van der Waals surface area (Å²) in [6.45, 7) is 2.84. The Bertz CT molecular complexity index is 539. The number of hydrogen-bond donors (Lipinski definition) is 0. The lowest BCUT2D eigenvalue weighted by atomic mass is 10.1. The Morgan fingerprint density at radius 1 is 1.38 bits per heavy atom. The van der Waals surface area contributed by atoms with Crippen molar-refractivity contribution >= 4 is 23.2 Å². The van der Waals surface area contributed by atoms with Crippen LogP contribution in [0.5, 0.6) is 0 Å². The van der Waals surface area contributed by atoms with Crippen LogP contribution in [0.1, 0.15) is 11.1 Å². The maximum atomic E-state index is 4.53. The van der Waals surface area contributed by atoms with Crippen molar-refractivity contribution in [1.29, 1.82) is 0 Å². The number of hydrogen-bond acceptors (Lipinski definition) is 3. The van der Waals surface area contributed by atoms with Gasteiger partial charge >= 0.3 is 0 Å². The largest absolute Gasteiger partial charge is 0.266 e. The van der Waals surface area contributed by atoms with Crippen LogP contribution in [0.2, 0.25) is 0 Å². The second kappa shape index (κ2) is 4.84. The first-order chi connectivity index (χ1) is 7.79. The summed E-state index contributed by atoms with van der Waals surface area (Å²) >= 11 is 4.53. The molecule has 4 heteroatoms. The highest BCUT2D eigenvalue weighted by Crippen LogP contribution is 2.11. The summed E-state index contributed by atoms with van der Waals surface area (Å²) < 4.78 is 1.84. The van der Waals surface area contributed by atoms with Gasteiger partial charge < -0.3 is 0 Å². The van der Waals surface area contributed by atoms with Gasteiger partial charge in [0.2, 0.25) is 0 Å². The molecule has 16 heavy (non-hydrogen) atoms. The molecule has 0 aliphatic carbocycles. The van der Waals surface area contributed by atoms with E-state index in [1.54, 1.807) is 0 Å². The molecule has 0 spiro atoms. The van der Waals surface area contributed by atoms with Gasteiger partial charge in [0.05, 0.1) is 11.7 Å². The van der Waals surface area contributed by atoms with Crippen molar-refractivity contribution in [3.05, 3.63) is 47.7 Å². The van der Waals surface area contributed by atoms with E-state index in [0.717, 1.165) is 6.54 Å². The molecule has 0 radical (unpaired) electrons. The molecule has 0 aliphatic rings. The lowest BCUT2D eigenvalue weighted by Crippen LogP contribution is -2.01. The smallest absolute Gasteiger partial charge is 0.184 e. The zero-order chi connectivity index (χ0) is 11.4. The zero-order valence-electron chi connectivity index (χ0n) is 8.92. The van der Waals surface area contributed by atoms with Gasteiger partial charge in [-0.2, -0.15) is 10.1 Å². The number of thiocarbonyl (C=S) groups is 1. The average molecular weight is 229 g/mol. The van der Waals surface area contributed by atoms with E-state index in [1.807, 2.05) is 29.1 Å². The highest BCUT2D eigenvalue weighted by atomic mass is 32.1. The molecule has 0 N–H and O–H groups in total. The van der Waals surface area contributed by atoms with Crippen LogP contribution in [-0.4, -0.2) is 14.9 Å². The predicted octanol–water partition coefficient (Wildman–Crippen LogP) is 2.97. The minimum atomic E-state index is 0.601. The van der Waals surface area contributed by atoms with Crippen molar-refractivity contribution in [2.24, 2.45) is 4.99 Å². The van der Waals surface area contributed by atoms with Gasteiger partial charge in [-0.25, -0.2) is 0 Å². The molecule has 0 amide bonds. The highest BCUT2D eigenvalue weighted by Gasteiger charge is 2.00. The quantitative estimate of drug-likeness (QED) is 0.598. The first-order valence-corrected chi connectivity index (χ1v) is 5.36. The molecule has 1 aromatic carbocycles. The number of aliphatic imine (C=N–C) groups is 1. The third kappa shape index (κ3) is 2.42. The minimum Gasteiger partial charge on any atom is -0.266 e. The van der Waals surface area contributed by atoms with Crippen LogP contribution in [0.15, 0.2) is 41.5 Å². The third-order valence-electron chi connectivity index (χ3n) is 2.38. The monoisotopic (exact) mass is 229 g/mol. The minimum absolute atomic E-state index is 0.601. The van der Waals surface area contributed by atoms with Crippen molar-refractivity contribution in [2.75, 3.05) is 0 Å². The zero-order valence-corrected chi connectivity index (χ0v) is 9.74. The molecule has 0 unspecified atom stereocenters. The van der Waals surface area contributed by atoms with Crippen LogP contribution in [0.4, 0.5) is 5.82 Å². The van der Waals surface area contributed by atoms with Gasteiger partial charge in [-0.05, 0) is 30.3 Å². The Labute approximate surface area is 99.4 Å². The molecular formula is C12H11N3S. The summed E-state index contributed by atoms with van der Waals surface area (Å²) in [5.74, 6) is 0.601. The summed E-state index contributed by atoms with van der Waals surface area (Å²) in [5.41, 5.74) is 2.52. The van der Waals surface area contributed by atoms with E-state index < -0.39 is 0 Å². The SMILES string of the molecule is Cc1ccccc1Cn1ccc(N=C=S)n1. The molecule has 0 saturated carbocycles. The van der Waals surface area contributed by atoms with Crippen LogP contribution in [0.3, 0.4) is 0 Å². The lowest BCUT2D eigenvalue weighted by molar-refractivity contribution is 0.685. The average Bonchev–Trinajstić information content (AvgIpc) is 2.70. The fraction of sp³-hybridized carbons (Fsp3) is 0.167. The van der Waals surface area contributed by atoms with Gasteiger partial charge in [-0.1, -0.05) is 24.3 Å². The second-order valence-corrected chi connectivity index (χ2v) is 3.68. The van der Waals surface area contributed by atoms with E-state index >= 15 is 0 Å². The second-order valence-electron chi connectivity index (χ2n) is 3.50. The molecule has 1 aromatic heterocycles. The van der Waals surface area contributed by atoms with E-state index in [1.165, 1.54) is 11.1 Å². The molecule has 0 saturated heterocycles. The first kappa shape index (κ1) is 10.7.